The number of fused-ring (bicyclic) bond motifs is 1. The number of benzene rings is 1. The fourth-order valence-corrected chi connectivity index (χ4v) is 3.48. The zero-order chi connectivity index (χ0) is 15.2. The lowest BCUT2D eigenvalue weighted by atomic mass is 9.93. The Morgan fingerprint density at radius 1 is 1.43 bits per heavy atom. The molecular formula is C17H24BrNO2. The molecule has 0 saturated heterocycles. The van der Waals surface area contributed by atoms with Crippen molar-refractivity contribution >= 4 is 21.7 Å². The lowest BCUT2D eigenvalue weighted by Gasteiger charge is -2.13. The van der Waals surface area contributed by atoms with Crippen molar-refractivity contribution in [2.75, 3.05) is 13.2 Å². The van der Waals surface area contributed by atoms with Crippen LogP contribution in [0.4, 0.5) is 0 Å². The van der Waals surface area contributed by atoms with E-state index in [9.17, 15) is 4.79 Å². The van der Waals surface area contributed by atoms with Gasteiger partial charge in [-0.25, -0.2) is 0 Å². The fourth-order valence-electron chi connectivity index (χ4n) is 2.93. The molecule has 0 aliphatic carbocycles. The predicted molar refractivity (Wildman–Crippen MR) is 88.7 cm³/mol. The predicted octanol–water partition coefficient (Wildman–Crippen LogP) is 3.65. The van der Waals surface area contributed by atoms with Crippen LogP contribution in [-0.4, -0.2) is 18.9 Å². The quantitative estimate of drug-likeness (QED) is 0.775. The minimum absolute atomic E-state index is 0.293. The van der Waals surface area contributed by atoms with Crippen LogP contribution in [0.25, 0.3) is 0 Å². The van der Waals surface area contributed by atoms with E-state index in [-0.39, 0.29) is 0 Å². The highest BCUT2D eigenvalue weighted by molar-refractivity contribution is 9.10. The van der Waals surface area contributed by atoms with Crippen molar-refractivity contribution in [3.05, 3.63) is 27.7 Å². The first-order chi connectivity index (χ1) is 10.1. The molecule has 1 aromatic carbocycles. The Hall–Kier alpha value is -0.870. The third kappa shape index (κ3) is 4.55. The number of nitrogens with two attached hydrogens (primary N) is 1. The van der Waals surface area contributed by atoms with Crippen LogP contribution < -0.4 is 10.5 Å². The van der Waals surface area contributed by atoms with Crippen LogP contribution in [0.2, 0.25) is 0 Å². The van der Waals surface area contributed by atoms with Gasteiger partial charge in [0.25, 0.3) is 0 Å². The number of ketones is 1. The smallest absolute Gasteiger partial charge is 0.137 e. The maximum atomic E-state index is 12.2. The van der Waals surface area contributed by atoms with Crippen LogP contribution in [0.3, 0.4) is 0 Å². The molecule has 1 aliphatic rings. The van der Waals surface area contributed by atoms with Gasteiger partial charge in [0, 0.05) is 29.3 Å². The molecule has 0 saturated carbocycles. The summed E-state index contributed by atoms with van der Waals surface area (Å²) in [5.74, 6) is 1.80. The summed E-state index contributed by atoms with van der Waals surface area (Å²) < 4.78 is 6.71. The highest BCUT2D eigenvalue weighted by Gasteiger charge is 2.19. The number of hydrogen-bond acceptors (Lipinski definition) is 3. The van der Waals surface area contributed by atoms with Gasteiger partial charge in [0.15, 0.2) is 0 Å². The monoisotopic (exact) mass is 353 g/mol. The zero-order valence-electron chi connectivity index (χ0n) is 12.7. The zero-order valence-corrected chi connectivity index (χ0v) is 14.2. The van der Waals surface area contributed by atoms with Gasteiger partial charge in [-0.3, -0.25) is 4.79 Å². The second-order valence-corrected chi connectivity index (χ2v) is 6.67. The van der Waals surface area contributed by atoms with Crippen molar-refractivity contribution in [1.29, 1.82) is 0 Å². The molecule has 2 N–H and O–H groups in total. The molecule has 0 bridgehead atoms. The molecule has 0 fully saturated rings. The third-order valence-electron chi connectivity index (χ3n) is 4.20. The minimum atomic E-state index is 0.293. The summed E-state index contributed by atoms with van der Waals surface area (Å²) in [7, 11) is 0. The van der Waals surface area contributed by atoms with Gasteiger partial charge in [0.2, 0.25) is 0 Å². The summed E-state index contributed by atoms with van der Waals surface area (Å²) in [5.41, 5.74) is 7.84. The SMILES string of the molecule is CCC(CCN)CCC(=O)Cc1cc(Br)cc2c1OCC2. The third-order valence-corrected chi connectivity index (χ3v) is 4.65. The molecular weight excluding hydrogens is 330 g/mol. The Kier molecular flexibility index (Phi) is 6.24. The number of rotatable bonds is 8. The first-order valence-corrected chi connectivity index (χ1v) is 8.59. The maximum Gasteiger partial charge on any atom is 0.137 e. The highest BCUT2D eigenvalue weighted by atomic mass is 79.9. The van der Waals surface area contributed by atoms with Gasteiger partial charge < -0.3 is 10.5 Å². The standard InChI is InChI=1S/C17H24BrNO2/c1-2-12(5-7-19)3-4-16(20)11-14-10-15(18)9-13-6-8-21-17(13)14/h9-10,12H,2-8,11,19H2,1H3. The second kappa shape index (κ2) is 7.95. The summed E-state index contributed by atoms with van der Waals surface area (Å²) in [6.07, 6.45) is 5.10. The Bertz CT molecular complexity index is 502. The minimum Gasteiger partial charge on any atom is -0.493 e. The molecule has 0 amide bonds. The summed E-state index contributed by atoms with van der Waals surface area (Å²) in [6.45, 7) is 3.60. The first kappa shape index (κ1) is 16.5. The molecule has 1 aliphatic heterocycles. The van der Waals surface area contributed by atoms with E-state index in [0.29, 0.717) is 31.1 Å². The summed E-state index contributed by atoms with van der Waals surface area (Å²) in [6, 6.07) is 4.10. The topological polar surface area (TPSA) is 52.3 Å². The Morgan fingerprint density at radius 3 is 2.95 bits per heavy atom. The van der Waals surface area contributed by atoms with Gasteiger partial charge in [-0.2, -0.15) is 0 Å². The van der Waals surface area contributed by atoms with Crippen molar-refractivity contribution < 1.29 is 9.53 Å². The molecule has 0 radical (unpaired) electrons. The van der Waals surface area contributed by atoms with Gasteiger partial charge in [0.1, 0.15) is 11.5 Å². The van der Waals surface area contributed by atoms with Crippen molar-refractivity contribution in [1.82, 2.24) is 0 Å². The lowest BCUT2D eigenvalue weighted by molar-refractivity contribution is -0.118. The summed E-state index contributed by atoms with van der Waals surface area (Å²) in [5, 5.41) is 0. The Morgan fingerprint density at radius 2 is 2.24 bits per heavy atom. The average molecular weight is 354 g/mol. The largest absolute Gasteiger partial charge is 0.493 e. The van der Waals surface area contributed by atoms with E-state index in [0.717, 1.165) is 48.1 Å². The molecule has 4 heteroatoms. The molecule has 1 heterocycles. The normalized spacial score (nSPS) is 14.6. The number of hydrogen-bond donors (Lipinski definition) is 1. The summed E-state index contributed by atoms with van der Waals surface area (Å²) in [4.78, 5) is 12.2. The van der Waals surface area contributed by atoms with Gasteiger partial charge >= 0.3 is 0 Å². The van der Waals surface area contributed by atoms with Crippen molar-refractivity contribution in [2.24, 2.45) is 11.7 Å². The van der Waals surface area contributed by atoms with E-state index in [1.165, 1.54) is 5.56 Å². The molecule has 0 spiro atoms. The molecule has 116 valence electrons. The number of ether oxygens (including phenoxy) is 1. The van der Waals surface area contributed by atoms with Gasteiger partial charge in [-0.05, 0) is 43.0 Å². The number of carbonyl (C=O) groups is 1. The van der Waals surface area contributed by atoms with Gasteiger partial charge in [-0.15, -0.1) is 0 Å². The van der Waals surface area contributed by atoms with Gasteiger partial charge in [-0.1, -0.05) is 29.3 Å². The second-order valence-electron chi connectivity index (χ2n) is 5.76. The maximum absolute atomic E-state index is 12.2. The van der Waals surface area contributed by atoms with Crippen LogP contribution in [-0.2, 0) is 17.6 Å². The summed E-state index contributed by atoms with van der Waals surface area (Å²) >= 11 is 3.52. The van der Waals surface area contributed by atoms with E-state index in [4.69, 9.17) is 10.5 Å². The number of Topliss-reactive ketones (excluding diaryl/α,β-unsaturated/α-hetero) is 1. The lowest BCUT2D eigenvalue weighted by Crippen LogP contribution is -2.11. The number of carbonyl (C=O) groups excluding carboxylic acids is 1. The van der Waals surface area contributed by atoms with Crippen molar-refractivity contribution in [3.8, 4) is 5.75 Å². The molecule has 1 atom stereocenters. The Balaban J connectivity index is 1.94. The number of halogens is 1. The molecule has 1 unspecified atom stereocenters. The van der Waals surface area contributed by atoms with E-state index in [1.54, 1.807) is 0 Å². The van der Waals surface area contributed by atoms with Crippen LogP contribution in [0.15, 0.2) is 16.6 Å². The molecule has 0 aromatic heterocycles. The van der Waals surface area contributed by atoms with Crippen molar-refractivity contribution in [3.63, 3.8) is 0 Å². The van der Waals surface area contributed by atoms with E-state index in [1.807, 2.05) is 6.07 Å². The molecule has 21 heavy (non-hydrogen) atoms. The Labute approximate surface area is 135 Å². The van der Waals surface area contributed by atoms with E-state index in [2.05, 4.69) is 28.9 Å². The highest BCUT2D eigenvalue weighted by Crippen LogP contribution is 2.33. The average Bonchev–Trinajstić information content (AvgIpc) is 2.91. The molecule has 2 rings (SSSR count). The van der Waals surface area contributed by atoms with Crippen molar-refractivity contribution in [2.45, 2.75) is 45.4 Å². The van der Waals surface area contributed by atoms with Crippen LogP contribution in [0.1, 0.15) is 43.7 Å². The van der Waals surface area contributed by atoms with Gasteiger partial charge in [0.05, 0.1) is 6.61 Å². The van der Waals surface area contributed by atoms with Crippen LogP contribution in [0, 0.1) is 5.92 Å². The molecule has 3 nitrogen and oxygen atoms in total. The molecule has 1 aromatic rings. The van der Waals surface area contributed by atoms with E-state index < -0.39 is 0 Å². The van der Waals surface area contributed by atoms with E-state index >= 15 is 0 Å². The van der Waals surface area contributed by atoms with Crippen LogP contribution >= 0.6 is 15.9 Å². The fraction of sp³-hybridized carbons (Fsp3) is 0.588. The first-order valence-electron chi connectivity index (χ1n) is 7.79. The van der Waals surface area contributed by atoms with Crippen LogP contribution in [0.5, 0.6) is 5.75 Å².